The maximum Gasteiger partial charge on any atom is 0.263 e. The molecule has 1 heterocycles. The molecule has 0 atom stereocenters. The van der Waals surface area contributed by atoms with Gasteiger partial charge in [-0.3, -0.25) is 9.82 Å². The van der Waals surface area contributed by atoms with Crippen LogP contribution < -0.4 is 4.72 Å². The molecule has 0 saturated carbocycles. The second-order valence-corrected chi connectivity index (χ2v) is 6.38. The van der Waals surface area contributed by atoms with Gasteiger partial charge >= 0.3 is 0 Å². The van der Waals surface area contributed by atoms with Gasteiger partial charge in [0.25, 0.3) is 10.0 Å². The molecule has 0 aliphatic carbocycles. The Morgan fingerprint density at radius 1 is 1.24 bits per heavy atom. The molecular weight excluding hydrogens is 317 g/mol. The van der Waals surface area contributed by atoms with Crippen LogP contribution in [0.1, 0.15) is 0 Å². The number of sulfonamides is 1. The van der Waals surface area contributed by atoms with Crippen molar-refractivity contribution < 1.29 is 12.8 Å². The largest absolute Gasteiger partial charge is 0.279 e. The van der Waals surface area contributed by atoms with Crippen LogP contribution in [0.5, 0.6) is 0 Å². The smallest absolute Gasteiger partial charge is 0.263 e. The summed E-state index contributed by atoms with van der Waals surface area (Å²) in [6.07, 6.45) is 1.51. The Morgan fingerprint density at radius 2 is 2.05 bits per heavy atom. The van der Waals surface area contributed by atoms with Crippen molar-refractivity contribution in [2.45, 2.75) is 4.90 Å². The van der Waals surface area contributed by atoms with Gasteiger partial charge in [-0.1, -0.05) is 17.7 Å². The first kappa shape index (κ1) is 13.8. The average molecular weight is 326 g/mol. The minimum atomic E-state index is -3.92. The maximum atomic E-state index is 13.0. The van der Waals surface area contributed by atoms with Crippen molar-refractivity contribution in [2.24, 2.45) is 0 Å². The number of hydrogen-bond acceptors (Lipinski definition) is 3. The lowest BCUT2D eigenvalue weighted by molar-refractivity contribution is 0.600. The zero-order valence-electron chi connectivity index (χ0n) is 10.5. The molecule has 8 heteroatoms. The summed E-state index contributed by atoms with van der Waals surface area (Å²) in [4.78, 5) is -0.189. The third-order valence-electron chi connectivity index (χ3n) is 2.91. The highest BCUT2D eigenvalue weighted by molar-refractivity contribution is 7.92. The fraction of sp³-hybridized carbons (Fsp3) is 0. The summed E-state index contributed by atoms with van der Waals surface area (Å²) in [7, 11) is -3.92. The van der Waals surface area contributed by atoms with E-state index in [0.29, 0.717) is 16.6 Å². The van der Waals surface area contributed by atoms with Crippen LogP contribution in [-0.4, -0.2) is 18.6 Å². The summed E-state index contributed by atoms with van der Waals surface area (Å²) in [6, 6.07) is 8.17. The Hall–Kier alpha value is -2.12. The normalized spacial score (nSPS) is 11.7. The lowest BCUT2D eigenvalue weighted by Crippen LogP contribution is -2.13. The van der Waals surface area contributed by atoms with Crippen LogP contribution in [-0.2, 0) is 10.0 Å². The van der Waals surface area contributed by atoms with Crippen molar-refractivity contribution in [3.63, 3.8) is 0 Å². The Morgan fingerprint density at radius 3 is 2.81 bits per heavy atom. The van der Waals surface area contributed by atoms with Gasteiger partial charge in [0.1, 0.15) is 10.7 Å². The lowest BCUT2D eigenvalue weighted by atomic mass is 10.2. The Balaban J connectivity index is 2.05. The maximum absolute atomic E-state index is 13.0. The number of benzene rings is 2. The fourth-order valence-corrected chi connectivity index (χ4v) is 3.56. The van der Waals surface area contributed by atoms with Crippen LogP contribution in [0.25, 0.3) is 10.9 Å². The van der Waals surface area contributed by atoms with Gasteiger partial charge in [-0.2, -0.15) is 5.10 Å². The van der Waals surface area contributed by atoms with Crippen LogP contribution in [0, 0.1) is 5.82 Å². The SMILES string of the molecule is O=S(=O)(Nc1cccc2[nH]ncc12)c1ccc(F)cc1Cl. The van der Waals surface area contributed by atoms with Crippen molar-refractivity contribution in [1.82, 2.24) is 10.2 Å². The molecule has 5 nitrogen and oxygen atoms in total. The molecular formula is C13H9ClFN3O2S. The number of anilines is 1. The molecule has 0 fully saturated rings. The van der Waals surface area contributed by atoms with Gasteiger partial charge in [0.15, 0.2) is 0 Å². The number of nitrogens with one attached hydrogen (secondary N) is 2. The average Bonchev–Trinajstić information content (AvgIpc) is 2.87. The summed E-state index contributed by atoms with van der Waals surface area (Å²) < 4.78 is 40.1. The quantitative estimate of drug-likeness (QED) is 0.776. The first-order valence-corrected chi connectivity index (χ1v) is 7.73. The van der Waals surface area contributed by atoms with E-state index >= 15 is 0 Å². The number of aromatic nitrogens is 2. The number of halogens is 2. The minimum absolute atomic E-state index is 0.179. The van der Waals surface area contributed by atoms with Crippen LogP contribution in [0.4, 0.5) is 10.1 Å². The van der Waals surface area contributed by atoms with Gasteiger partial charge in [0.05, 0.1) is 22.4 Å². The summed E-state index contributed by atoms with van der Waals surface area (Å²) in [5, 5.41) is 7.05. The standard InChI is InChI=1S/C13H9ClFN3O2S/c14-10-6-8(15)4-5-13(10)21(19,20)18-12-3-1-2-11-9(12)7-16-17-11/h1-7,18H,(H,16,17). The third kappa shape index (κ3) is 2.57. The highest BCUT2D eigenvalue weighted by Crippen LogP contribution is 2.27. The summed E-state index contributed by atoms with van der Waals surface area (Å²) in [6.45, 7) is 0. The first-order valence-electron chi connectivity index (χ1n) is 5.87. The summed E-state index contributed by atoms with van der Waals surface area (Å²) in [5.74, 6) is -0.601. The molecule has 0 bridgehead atoms. The number of fused-ring (bicyclic) bond motifs is 1. The van der Waals surface area contributed by atoms with Crippen molar-refractivity contribution in [1.29, 1.82) is 0 Å². The van der Waals surface area contributed by atoms with Crippen molar-refractivity contribution in [3.8, 4) is 0 Å². The highest BCUT2D eigenvalue weighted by atomic mass is 35.5. The van der Waals surface area contributed by atoms with E-state index in [0.717, 1.165) is 18.2 Å². The Kier molecular flexibility index (Phi) is 3.30. The van der Waals surface area contributed by atoms with Gasteiger partial charge in [0.2, 0.25) is 0 Å². The molecule has 0 saturated heterocycles. The van der Waals surface area contributed by atoms with Gasteiger partial charge in [-0.25, -0.2) is 12.8 Å². The van der Waals surface area contributed by atoms with Crippen molar-refractivity contribution in [3.05, 3.63) is 53.4 Å². The topological polar surface area (TPSA) is 74.8 Å². The zero-order chi connectivity index (χ0) is 15.0. The van der Waals surface area contributed by atoms with Crippen LogP contribution in [0.2, 0.25) is 5.02 Å². The van der Waals surface area contributed by atoms with E-state index in [-0.39, 0.29) is 9.92 Å². The predicted octanol–water partition coefficient (Wildman–Crippen LogP) is 3.16. The number of rotatable bonds is 3. The molecule has 3 rings (SSSR count). The van der Waals surface area contributed by atoms with Crippen molar-refractivity contribution >= 4 is 38.2 Å². The van der Waals surface area contributed by atoms with Gasteiger partial charge in [-0.05, 0) is 30.3 Å². The van der Waals surface area contributed by atoms with Gasteiger partial charge < -0.3 is 0 Å². The van der Waals surface area contributed by atoms with Gasteiger partial charge in [-0.15, -0.1) is 0 Å². The second kappa shape index (κ2) is 5.01. The molecule has 0 aliphatic heterocycles. The Bertz CT molecular complexity index is 924. The van der Waals surface area contributed by atoms with E-state index in [4.69, 9.17) is 11.6 Å². The predicted molar refractivity (Wildman–Crippen MR) is 78.3 cm³/mol. The third-order valence-corrected chi connectivity index (χ3v) is 4.76. The van der Waals surface area contributed by atoms with E-state index in [1.165, 1.54) is 6.20 Å². The minimum Gasteiger partial charge on any atom is -0.279 e. The molecule has 0 unspecified atom stereocenters. The molecule has 1 aromatic heterocycles. The lowest BCUT2D eigenvalue weighted by Gasteiger charge is -2.10. The van der Waals surface area contributed by atoms with Gasteiger partial charge in [0, 0.05) is 5.39 Å². The fourth-order valence-electron chi connectivity index (χ4n) is 1.95. The molecule has 0 aliphatic rings. The molecule has 0 spiro atoms. The van der Waals surface area contributed by atoms with E-state index in [2.05, 4.69) is 14.9 Å². The molecule has 2 N–H and O–H groups in total. The van der Waals surface area contributed by atoms with Crippen LogP contribution in [0.15, 0.2) is 47.5 Å². The molecule has 2 aromatic carbocycles. The zero-order valence-corrected chi connectivity index (χ0v) is 12.0. The number of nitrogens with zero attached hydrogens (tertiary/aromatic N) is 1. The molecule has 21 heavy (non-hydrogen) atoms. The van der Waals surface area contributed by atoms with Crippen LogP contribution in [0.3, 0.4) is 0 Å². The number of hydrogen-bond donors (Lipinski definition) is 2. The summed E-state index contributed by atoms with van der Waals surface area (Å²) >= 11 is 5.80. The number of aromatic amines is 1. The molecule has 3 aromatic rings. The monoisotopic (exact) mass is 325 g/mol. The van der Waals surface area contributed by atoms with Crippen LogP contribution >= 0.6 is 11.6 Å². The van der Waals surface area contributed by atoms with Crippen molar-refractivity contribution in [2.75, 3.05) is 4.72 Å². The van der Waals surface area contributed by atoms with E-state index in [9.17, 15) is 12.8 Å². The second-order valence-electron chi connectivity index (χ2n) is 4.32. The molecule has 108 valence electrons. The number of H-pyrrole nitrogens is 1. The molecule has 0 radical (unpaired) electrons. The first-order chi connectivity index (χ1) is 9.97. The van der Waals surface area contributed by atoms with E-state index in [1.54, 1.807) is 18.2 Å². The van der Waals surface area contributed by atoms with E-state index in [1.807, 2.05) is 0 Å². The Labute approximate surface area is 124 Å². The van der Waals surface area contributed by atoms with E-state index < -0.39 is 15.8 Å². The summed E-state index contributed by atoms with van der Waals surface area (Å²) in [5.41, 5.74) is 1.06. The highest BCUT2D eigenvalue weighted by Gasteiger charge is 2.19. The molecule has 0 amide bonds.